The van der Waals surface area contributed by atoms with E-state index in [2.05, 4.69) is 40.5 Å². The molecule has 0 unspecified atom stereocenters. The van der Waals surface area contributed by atoms with Gasteiger partial charge in [0.15, 0.2) is 5.16 Å². The molecule has 5 nitrogen and oxygen atoms in total. The van der Waals surface area contributed by atoms with Gasteiger partial charge in [0.05, 0.1) is 5.25 Å². The van der Waals surface area contributed by atoms with E-state index < -0.39 is 0 Å². The first-order chi connectivity index (χ1) is 14.6. The van der Waals surface area contributed by atoms with Crippen LogP contribution in [-0.4, -0.2) is 43.9 Å². The van der Waals surface area contributed by atoms with Crippen LogP contribution in [-0.2, 0) is 11.2 Å². The summed E-state index contributed by atoms with van der Waals surface area (Å²) in [6.07, 6.45) is 3.24. The summed E-state index contributed by atoms with van der Waals surface area (Å²) >= 11 is 1.49. The van der Waals surface area contributed by atoms with Gasteiger partial charge in [0.25, 0.3) is 0 Å². The lowest BCUT2D eigenvalue weighted by atomic mass is 9.90. The molecule has 1 fully saturated rings. The first kappa shape index (κ1) is 20.7. The minimum Gasteiger partial charge on any atom is -0.342 e. The number of amides is 1. The van der Waals surface area contributed by atoms with E-state index in [1.807, 2.05) is 53.6 Å². The number of nitrogens with zero attached hydrogens (tertiary/aromatic N) is 4. The van der Waals surface area contributed by atoms with Crippen molar-refractivity contribution in [2.75, 3.05) is 13.1 Å². The fourth-order valence-electron chi connectivity index (χ4n) is 4.06. The SMILES string of the molecule is Cc1nnc(S[C@@H](C)C(=O)N2CCC(Cc3ccccc3)CC2)n1-c1ccccc1. The molecule has 1 saturated heterocycles. The number of likely N-dealkylation sites (tertiary alicyclic amines) is 1. The second-order valence-corrected chi connectivity index (χ2v) is 9.23. The Morgan fingerprint density at radius 1 is 1.03 bits per heavy atom. The molecule has 1 aliphatic heterocycles. The molecule has 6 heteroatoms. The van der Waals surface area contributed by atoms with Gasteiger partial charge in [-0.1, -0.05) is 60.3 Å². The standard InChI is InChI=1S/C24H28N4OS/c1-18(30-24-26-25-19(2)28(24)22-11-7-4-8-12-22)23(29)27-15-13-21(14-16-27)17-20-9-5-3-6-10-20/h3-12,18,21H,13-17H2,1-2H3/t18-/m0/s1. The molecule has 30 heavy (non-hydrogen) atoms. The van der Waals surface area contributed by atoms with Crippen LogP contribution in [0.5, 0.6) is 0 Å². The molecule has 0 bridgehead atoms. The summed E-state index contributed by atoms with van der Waals surface area (Å²) in [4.78, 5) is 15.1. The zero-order valence-electron chi connectivity index (χ0n) is 17.6. The fourth-order valence-corrected chi connectivity index (χ4v) is 5.06. The van der Waals surface area contributed by atoms with Crippen LogP contribution in [0.2, 0.25) is 0 Å². The Morgan fingerprint density at radius 3 is 2.33 bits per heavy atom. The number of thioether (sulfide) groups is 1. The molecule has 2 heterocycles. The Balaban J connectivity index is 1.35. The molecule has 2 aromatic carbocycles. The second-order valence-electron chi connectivity index (χ2n) is 7.92. The van der Waals surface area contributed by atoms with Gasteiger partial charge in [-0.15, -0.1) is 10.2 Å². The summed E-state index contributed by atoms with van der Waals surface area (Å²) in [6, 6.07) is 20.7. The third-order valence-electron chi connectivity index (χ3n) is 5.73. The average Bonchev–Trinajstić information content (AvgIpc) is 3.15. The van der Waals surface area contributed by atoms with Crippen LogP contribution in [0, 0.1) is 12.8 Å². The predicted molar refractivity (Wildman–Crippen MR) is 121 cm³/mol. The predicted octanol–water partition coefficient (Wildman–Crippen LogP) is 4.54. The number of aryl methyl sites for hydroxylation is 1. The molecule has 0 radical (unpaired) electrons. The van der Waals surface area contributed by atoms with Crippen LogP contribution >= 0.6 is 11.8 Å². The van der Waals surface area contributed by atoms with Gasteiger partial charge in [-0.3, -0.25) is 9.36 Å². The summed E-state index contributed by atoms with van der Waals surface area (Å²) in [5.74, 6) is 1.67. The molecule has 0 saturated carbocycles. The Labute approximate surface area is 182 Å². The summed E-state index contributed by atoms with van der Waals surface area (Å²) in [6.45, 7) is 5.59. The van der Waals surface area contributed by atoms with E-state index in [-0.39, 0.29) is 11.2 Å². The van der Waals surface area contributed by atoms with Crippen LogP contribution in [0.3, 0.4) is 0 Å². The number of carbonyl (C=O) groups is 1. The first-order valence-electron chi connectivity index (χ1n) is 10.6. The van der Waals surface area contributed by atoms with Gasteiger partial charge in [0.2, 0.25) is 5.91 Å². The van der Waals surface area contributed by atoms with Crippen molar-refractivity contribution in [1.29, 1.82) is 0 Å². The minimum atomic E-state index is -0.193. The third kappa shape index (κ3) is 4.75. The fraction of sp³-hybridized carbons (Fsp3) is 0.375. The van der Waals surface area contributed by atoms with Gasteiger partial charge in [-0.2, -0.15) is 0 Å². The van der Waals surface area contributed by atoms with Gasteiger partial charge in [0, 0.05) is 18.8 Å². The van der Waals surface area contributed by atoms with Crippen LogP contribution in [0.15, 0.2) is 65.8 Å². The molecule has 0 aliphatic carbocycles. The number of rotatable bonds is 6. The van der Waals surface area contributed by atoms with Gasteiger partial charge in [-0.05, 0) is 56.7 Å². The maximum atomic E-state index is 13.1. The van der Waals surface area contributed by atoms with Crippen molar-refractivity contribution in [2.24, 2.45) is 5.92 Å². The number of benzene rings is 2. The number of hydrogen-bond donors (Lipinski definition) is 0. The van der Waals surface area contributed by atoms with Crippen molar-refractivity contribution in [1.82, 2.24) is 19.7 Å². The molecule has 1 aliphatic rings. The molecule has 1 atom stereocenters. The molecular formula is C24H28N4OS. The minimum absolute atomic E-state index is 0.193. The Bertz CT molecular complexity index is 965. The van der Waals surface area contributed by atoms with E-state index in [1.54, 1.807) is 0 Å². The lowest BCUT2D eigenvalue weighted by molar-refractivity contribution is -0.131. The van der Waals surface area contributed by atoms with E-state index in [9.17, 15) is 4.79 Å². The van der Waals surface area contributed by atoms with Crippen LogP contribution < -0.4 is 0 Å². The number of aromatic nitrogens is 3. The maximum Gasteiger partial charge on any atom is 0.235 e. The molecule has 3 aromatic rings. The van der Waals surface area contributed by atoms with E-state index in [0.29, 0.717) is 5.92 Å². The van der Waals surface area contributed by atoms with Crippen molar-refractivity contribution < 1.29 is 4.79 Å². The van der Waals surface area contributed by atoms with Crippen LogP contribution in [0.1, 0.15) is 31.2 Å². The second kappa shape index (κ2) is 9.47. The zero-order chi connectivity index (χ0) is 20.9. The van der Waals surface area contributed by atoms with Crippen LogP contribution in [0.4, 0.5) is 0 Å². The van der Waals surface area contributed by atoms with Crippen molar-refractivity contribution in [3.63, 3.8) is 0 Å². The molecule has 1 aromatic heterocycles. The number of piperidine rings is 1. The molecule has 1 amide bonds. The average molecular weight is 421 g/mol. The summed E-state index contributed by atoms with van der Waals surface area (Å²) in [5, 5.41) is 9.13. The monoisotopic (exact) mass is 420 g/mol. The summed E-state index contributed by atoms with van der Waals surface area (Å²) in [5.41, 5.74) is 2.41. The topological polar surface area (TPSA) is 51.0 Å². The van der Waals surface area contributed by atoms with Crippen molar-refractivity contribution >= 4 is 17.7 Å². The third-order valence-corrected chi connectivity index (χ3v) is 6.76. The molecule has 0 N–H and O–H groups in total. The van der Waals surface area contributed by atoms with E-state index in [1.165, 1.54) is 17.3 Å². The van der Waals surface area contributed by atoms with E-state index >= 15 is 0 Å². The lowest BCUT2D eigenvalue weighted by Gasteiger charge is -2.33. The highest BCUT2D eigenvalue weighted by Crippen LogP contribution is 2.28. The number of para-hydroxylation sites is 1. The normalized spacial score (nSPS) is 15.9. The highest BCUT2D eigenvalue weighted by atomic mass is 32.2. The van der Waals surface area contributed by atoms with Crippen LogP contribution in [0.25, 0.3) is 5.69 Å². The highest BCUT2D eigenvalue weighted by Gasteiger charge is 2.28. The number of hydrogen-bond acceptors (Lipinski definition) is 4. The maximum absolute atomic E-state index is 13.1. The van der Waals surface area contributed by atoms with Gasteiger partial charge >= 0.3 is 0 Å². The molecular weight excluding hydrogens is 392 g/mol. The largest absolute Gasteiger partial charge is 0.342 e. The van der Waals surface area contributed by atoms with E-state index in [4.69, 9.17) is 0 Å². The quantitative estimate of drug-likeness (QED) is 0.550. The molecule has 156 valence electrons. The van der Waals surface area contributed by atoms with Crippen molar-refractivity contribution in [2.45, 2.75) is 43.5 Å². The van der Waals surface area contributed by atoms with E-state index in [0.717, 1.165) is 49.0 Å². The Hall–Kier alpha value is -2.60. The smallest absolute Gasteiger partial charge is 0.235 e. The van der Waals surface area contributed by atoms with Gasteiger partial charge < -0.3 is 4.90 Å². The van der Waals surface area contributed by atoms with Crippen molar-refractivity contribution in [3.05, 3.63) is 72.1 Å². The Kier molecular flexibility index (Phi) is 6.53. The zero-order valence-corrected chi connectivity index (χ0v) is 18.4. The Morgan fingerprint density at radius 2 is 1.67 bits per heavy atom. The highest BCUT2D eigenvalue weighted by molar-refractivity contribution is 8.00. The summed E-state index contributed by atoms with van der Waals surface area (Å²) < 4.78 is 2.01. The molecule has 0 spiro atoms. The lowest BCUT2D eigenvalue weighted by Crippen LogP contribution is -2.42. The van der Waals surface area contributed by atoms with Crippen molar-refractivity contribution in [3.8, 4) is 5.69 Å². The summed E-state index contributed by atoms with van der Waals surface area (Å²) in [7, 11) is 0. The van der Waals surface area contributed by atoms with Gasteiger partial charge in [0.1, 0.15) is 5.82 Å². The van der Waals surface area contributed by atoms with Gasteiger partial charge in [-0.25, -0.2) is 0 Å². The first-order valence-corrected chi connectivity index (χ1v) is 11.5. The molecule has 4 rings (SSSR count). The number of carbonyl (C=O) groups excluding carboxylic acids is 1.